The number of benzene rings is 2. The SMILES string of the molecule is Cc1c(Cl)cccc1-n1c(C)cc([C@H]2[C@H](c3ccccn3)NC(=S)N2CCC(=O)Nc2ccccc2)c1C. The van der Waals surface area contributed by atoms with Gasteiger partial charge in [-0.15, -0.1) is 0 Å². The van der Waals surface area contributed by atoms with Crippen LogP contribution in [0.25, 0.3) is 5.69 Å². The highest BCUT2D eigenvalue weighted by Crippen LogP contribution is 2.42. The van der Waals surface area contributed by atoms with Gasteiger partial charge in [0, 0.05) is 46.9 Å². The van der Waals surface area contributed by atoms with Crippen molar-refractivity contribution in [3.05, 3.63) is 112 Å². The number of hydrogen-bond acceptors (Lipinski definition) is 3. The van der Waals surface area contributed by atoms with Crippen LogP contribution in [0.1, 0.15) is 46.7 Å². The normalized spacial score (nSPS) is 16.9. The van der Waals surface area contributed by atoms with Crippen molar-refractivity contribution in [2.75, 3.05) is 11.9 Å². The average molecular weight is 544 g/mol. The number of nitrogens with zero attached hydrogens (tertiary/aromatic N) is 3. The molecule has 0 aliphatic carbocycles. The van der Waals surface area contributed by atoms with Gasteiger partial charge in [-0.2, -0.15) is 0 Å². The van der Waals surface area contributed by atoms with Crippen LogP contribution in [0.5, 0.6) is 0 Å². The maximum Gasteiger partial charge on any atom is 0.226 e. The number of rotatable bonds is 7. The number of aryl methyl sites for hydroxylation is 1. The summed E-state index contributed by atoms with van der Waals surface area (Å²) >= 11 is 12.3. The van der Waals surface area contributed by atoms with Crippen molar-refractivity contribution < 1.29 is 4.79 Å². The Morgan fingerprint density at radius 1 is 1.05 bits per heavy atom. The zero-order valence-electron chi connectivity index (χ0n) is 21.6. The molecule has 5 rings (SSSR count). The van der Waals surface area contributed by atoms with Gasteiger partial charge in [0.25, 0.3) is 0 Å². The molecule has 2 aromatic carbocycles. The molecule has 0 saturated carbocycles. The van der Waals surface area contributed by atoms with Crippen LogP contribution in [-0.2, 0) is 4.79 Å². The molecule has 6 nitrogen and oxygen atoms in total. The van der Waals surface area contributed by atoms with Crippen molar-refractivity contribution in [3.8, 4) is 5.69 Å². The summed E-state index contributed by atoms with van der Waals surface area (Å²) in [6.07, 6.45) is 2.10. The van der Waals surface area contributed by atoms with E-state index in [1.165, 1.54) is 0 Å². The molecule has 0 spiro atoms. The number of thiocarbonyl (C=S) groups is 1. The molecule has 1 saturated heterocycles. The first-order valence-corrected chi connectivity index (χ1v) is 13.4. The van der Waals surface area contributed by atoms with E-state index in [-0.39, 0.29) is 18.0 Å². The van der Waals surface area contributed by atoms with Crippen LogP contribution in [0.3, 0.4) is 0 Å². The van der Waals surface area contributed by atoms with E-state index in [1.54, 1.807) is 6.20 Å². The number of carbonyl (C=O) groups excluding carboxylic acids is 1. The van der Waals surface area contributed by atoms with E-state index in [1.807, 2.05) is 67.6 Å². The molecule has 38 heavy (non-hydrogen) atoms. The highest BCUT2D eigenvalue weighted by atomic mass is 35.5. The number of halogens is 1. The molecule has 1 aliphatic rings. The first-order chi connectivity index (χ1) is 18.3. The number of anilines is 1. The standard InChI is InChI=1S/C30H30ClN5OS/c1-19-18-23(21(3)36(19)26-14-9-12-24(31)20(26)2)29-28(25-13-7-8-16-32-25)34-30(38)35(29)17-15-27(37)33-22-10-5-4-6-11-22/h4-14,16,18,28-29H,15,17H2,1-3H3,(H,33,37)(H,34,38)/t28-,29-/m0/s1. The highest BCUT2D eigenvalue weighted by Gasteiger charge is 2.41. The zero-order chi connectivity index (χ0) is 26.8. The predicted octanol–water partition coefficient (Wildman–Crippen LogP) is 6.45. The van der Waals surface area contributed by atoms with Gasteiger partial charge in [-0.3, -0.25) is 9.78 Å². The Balaban J connectivity index is 1.50. The Kier molecular flexibility index (Phi) is 7.49. The molecule has 4 aromatic rings. The van der Waals surface area contributed by atoms with Crippen LogP contribution in [-0.4, -0.2) is 32.0 Å². The first-order valence-electron chi connectivity index (χ1n) is 12.6. The first kappa shape index (κ1) is 25.9. The van der Waals surface area contributed by atoms with Gasteiger partial charge in [-0.05, 0) is 86.6 Å². The zero-order valence-corrected chi connectivity index (χ0v) is 23.2. The molecule has 2 N–H and O–H groups in total. The van der Waals surface area contributed by atoms with E-state index < -0.39 is 0 Å². The van der Waals surface area contributed by atoms with Crippen LogP contribution in [0.2, 0.25) is 5.02 Å². The van der Waals surface area contributed by atoms with E-state index in [4.69, 9.17) is 23.8 Å². The van der Waals surface area contributed by atoms with Crippen LogP contribution in [0.15, 0.2) is 79.0 Å². The van der Waals surface area contributed by atoms with Crippen molar-refractivity contribution in [1.29, 1.82) is 0 Å². The largest absolute Gasteiger partial charge is 0.352 e. The maximum absolute atomic E-state index is 12.8. The van der Waals surface area contributed by atoms with Gasteiger partial charge in [0.2, 0.25) is 5.91 Å². The molecule has 0 radical (unpaired) electrons. The van der Waals surface area contributed by atoms with E-state index in [2.05, 4.69) is 51.1 Å². The molecule has 2 aromatic heterocycles. The fourth-order valence-electron chi connectivity index (χ4n) is 5.25. The maximum atomic E-state index is 12.8. The second-order valence-electron chi connectivity index (χ2n) is 9.53. The Morgan fingerprint density at radius 2 is 1.82 bits per heavy atom. The number of carbonyl (C=O) groups is 1. The second-order valence-corrected chi connectivity index (χ2v) is 10.3. The lowest BCUT2D eigenvalue weighted by Gasteiger charge is -2.28. The minimum atomic E-state index is -0.157. The molecule has 0 unspecified atom stereocenters. The molecule has 1 aliphatic heterocycles. The summed E-state index contributed by atoms with van der Waals surface area (Å²) in [7, 11) is 0. The average Bonchev–Trinajstić information content (AvgIpc) is 3.40. The Bertz CT molecular complexity index is 1470. The summed E-state index contributed by atoms with van der Waals surface area (Å²) in [5.41, 5.74) is 7.09. The quantitative estimate of drug-likeness (QED) is 0.262. The number of pyridine rings is 1. The topological polar surface area (TPSA) is 62.2 Å². The Hall–Kier alpha value is -3.68. The minimum Gasteiger partial charge on any atom is -0.352 e. The number of hydrogen-bond donors (Lipinski definition) is 2. The summed E-state index contributed by atoms with van der Waals surface area (Å²) in [5.74, 6) is -0.0564. The van der Waals surface area contributed by atoms with Gasteiger partial charge < -0.3 is 20.1 Å². The molecular weight excluding hydrogens is 514 g/mol. The van der Waals surface area contributed by atoms with Crippen molar-refractivity contribution in [2.24, 2.45) is 0 Å². The van der Waals surface area contributed by atoms with Crippen LogP contribution < -0.4 is 10.6 Å². The lowest BCUT2D eigenvalue weighted by molar-refractivity contribution is -0.116. The summed E-state index contributed by atoms with van der Waals surface area (Å²) in [6.45, 7) is 6.74. The number of amides is 1. The predicted molar refractivity (Wildman–Crippen MR) is 157 cm³/mol. The molecule has 8 heteroatoms. The van der Waals surface area contributed by atoms with Gasteiger partial charge >= 0.3 is 0 Å². The second kappa shape index (κ2) is 11.0. The van der Waals surface area contributed by atoms with Crippen LogP contribution >= 0.6 is 23.8 Å². The van der Waals surface area contributed by atoms with E-state index in [0.29, 0.717) is 18.1 Å². The van der Waals surface area contributed by atoms with Gasteiger partial charge in [0.1, 0.15) is 0 Å². The van der Waals surface area contributed by atoms with Gasteiger partial charge in [0.15, 0.2) is 5.11 Å². The van der Waals surface area contributed by atoms with E-state index in [0.717, 1.165) is 44.6 Å². The fourth-order valence-corrected chi connectivity index (χ4v) is 5.75. The summed E-state index contributed by atoms with van der Waals surface area (Å²) in [5, 5.41) is 7.82. The van der Waals surface area contributed by atoms with Crippen molar-refractivity contribution >= 4 is 40.5 Å². The van der Waals surface area contributed by atoms with Crippen molar-refractivity contribution in [1.82, 2.24) is 19.8 Å². The number of nitrogens with one attached hydrogen (secondary N) is 2. The third kappa shape index (κ3) is 5.04. The third-order valence-corrected chi connectivity index (χ3v) is 7.87. The highest BCUT2D eigenvalue weighted by molar-refractivity contribution is 7.80. The van der Waals surface area contributed by atoms with Gasteiger partial charge in [-0.25, -0.2) is 0 Å². The molecule has 194 valence electrons. The minimum absolute atomic E-state index is 0.0564. The summed E-state index contributed by atoms with van der Waals surface area (Å²) in [6, 6.07) is 23.3. The van der Waals surface area contributed by atoms with Gasteiger partial charge in [0.05, 0.1) is 17.8 Å². The molecule has 3 heterocycles. The molecule has 1 amide bonds. The lowest BCUT2D eigenvalue weighted by Crippen LogP contribution is -2.32. The third-order valence-electron chi connectivity index (χ3n) is 7.10. The molecule has 0 bridgehead atoms. The van der Waals surface area contributed by atoms with Crippen LogP contribution in [0.4, 0.5) is 5.69 Å². The summed E-state index contributed by atoms with van der Waals surface area (Å²) in [4.78, 5) is 19.6. The Morgan fingerprint density at radius 3 is 2.55 bits per heavy atom. The molecule has 1 fully saturated rings. The lowest BCUT2D eigenvalue weighted by atomic mass is 9.96. The number of aromatic nitrogens is 2. The molecule has 2 atom stereocenters. The smallest absolute Gasteiger partial charge is 0.226 e. The van der Waals surface area contributed by atoms with E-state index >= 15 is 0 Å². The number of para-hydroxylation sites is 1. The Labute approximate surface area is 233 Å². The fraction of sp³-hybridized carbons (Fsp3) is 0.233. The van der Waals surface area contributed by atoms with E-state index in [9.17, 15) is 4.79 Å². The van der Waals surface area contributed by atoms with Crippen molar-refractivity contribution in [3.63, 3.8) is 0 Å². The summed E-state index contributed by atoms with van der Waals surface area (Å²) < 4.78 is 2.24. The van der Waals surface area contributed by atoms with Gasteiger partial charge in [-0.1, -0.05) is 41.9 Å². The monoisotopic (exact) mass is 543 g/mol. The molecular formula is C30H30ClN5OS. The van der Waals surface area contributed by atoms with Crippen LogP contribution in [0, 0.1) is 20.8 Å². The van der Waals surface area contributed by atoms with Crippen molar-refractivity contribution in [2.45, 2.75) is 39.3 Å².